The van der Waals surface area contributed by atoms with E-state index in [1.807, 2.05) is 24.3 Å². The third kappa shape index (κ3) is 2.55. The second-order valence-corrected chi connectivity index (χ2v) is 4.24. The van der Waals surface area contributed by atoms with Crippen molar-refractivity contribution in [3.8, 4) is 18.4 Å². The Morgan fingerprint density at radius 3 is 2.55 bits per heavy atom. The van der Waals surface area contributed by atoms with Gasteiger partial charge in [-0.15, -0.1) is 6.42 Å². The molecule has 0 bridgehead atoms. The normalized spacial score (nSPS) is 9.70. The Balaban J connectivity index is 2.62. The zero-order valence-electron chi connectivity index (χ0n) is 10.7. The van der Waals surface area contributed by atoms with Crippen LogP contribution >= 0.6 is 0 Å². The monoisotopic (exact) mass is 264 g/mol. The third-order valence-electron chi connectivity index (χ3n) is 2.97. The van der Waals surface area contributed by atoms with Crippen LogP contribution < -0.4 is 4.90 Å². The summed E-state index contributed by atoms with van der Waals surface area (Å²) in [6, 6.07) is 12.9. The summed E-state index contributed by atoms with van der Waals surface area (Å²) in [6.45, 7) is 0.0162. The van der Waals surface area contributed by atoms with Gasteiger partial charge in [-0.3, -0.25) is 4.79 Å². The number of anilines is 1. The molecule has 98 valence electrons. The number of carboxylic acids is 1. The Morgan fingerprint density at radius 2 is 1.95 bits per heavy atom. The van der Waals surface area contributed by atoms with Gasteiger partial charge in [-0.1, -0.05) is 30.2 Å². The number of terminal acetylenes is 1. The molecule has 4 heteroatoms. The number of hydrogen-bond donors (Lipinski definition) is 1. The predicted molar refractivity (Wildman–Crippen MR) is 77.3 cm³/mol. The smallest absolute Gasteiger partial charge is 0.323 e. The van der Waals surface area contributed by atoms with E-state index in [4.69, 9.17) is 16.8 Å². The molecule has 0 unspecified atom stereocenters. The molecule has 0 saturated heterocycles. The first-order chi connectivity index (χ1) is 9.67. The Labute approximate surface area is 116 Å². The number of aliphatic carboxylic acids is 1. The van der Waals surface area contributed by atoms with E-state index in [9.17, 15) is 4.79 Å². The maximum Gasteiger partial charge on any atom is 0.323 e. The van der Waals surface area contributed by atoms with Crippen LogP contribution in [0.2, 0.25) is 0 Å². The van der Waals surface area contributed by atoms with Gasteiger partial charge in [0.25, 0.3) is 0 Å². The zero-order valence-corrected chi connectivity index (χ0v) is 10.7. The fourth-order valence-corrected chi connectivity index (χ4v) is 2.16. The van der Waals surface area contributed by atoms with Crippen LogP contribution in [-0.2, 0) is 4.79 Å². The number of nitriles is 1. The van der Waals surface area contributed by atoms with E-state index >= 15 is 0 Å². The summed E-state index contributed by atoms with van der Waals surface area (Å²) in [5.41, 5.74) is 1.28. The van der Waals surface area contributed by atoms with E-state index < -0.39 is 5.97 Å². The van der Waals surface area contributed by atoms with Crippen molar-refractivity contribution in [3.05, 3.63) is 42.0 Å². The van der Waals surface area contributed by atoms with Gasteiger partial charge < -0.3 is 10.0 Å². The highest BCUT2D eigenvalue weighted by molar-refractivity contribution is 5.98. The molecule has 20 heavy (non-hydrogen) atoms. The van der Waals surface area contributed by atoms with Gasteiger partial charge in [-0.25, -0.2) is 0 Å². The van der Waals surface area contributed by atoms with Gasteiger partial charge in [0.1, 0.15) is 6.54 Å². The van der Waals surface area contributed by atoms with Crippen LogP contribution in [0.15, 0.2) is 36.4 Å². The number of fused-ring (bicyclic) bond motifs is 1. The molecule has 0 aliphatic carbocycles. The van der Waals surface area contributed by atoms with Gasteiger partial charge in [0.05, 0.1) is 18.2 Å². The molecule has 0 radical (unpaired) electrons. The second-order valence-electron chi connectivity index (χ2n) is 4.24. The SMILES string of the molecule is C#CCN(CC(=O)O)c1ccc(C#N)c2ccccc12. The standard InChI is InChI=1S/C16H12N2O2/c1-2-9-18(11-16(19)20)15-8-7-12(10-17)13-5-3-4-6-14(13)15/h1,3-8H,9,11H2,(H,19,20). The molecule has 0 spiro atoms. The second kappa shape index (κ2) is 5.77. The molecule has 0 aliphatic rings. The van der Waals surface area contributed by atoms with Gasteiger partial charge >= 0.3 is 5.97 Å². The summed E-state index contributed by atoms with van der Waals surface area (Å²) in [4.78, 5) is 12.6. The molecule has 0 saturated carbocycles. The van der Waals surface area contributed by atoms with Crippen LogP contribution in [0.5, 0.6) is 0 Å². The van der Waals surface area contributed by atoms with Crippen molar-refractivity contribution >= 4 is 22.4 Å². The van der Waals surface area contributed by atoms with Crippen LogP contribution in [-0.4, -0.2) is 24.2 Å². The fraction of sp³-hybridized carbons (Fsp3) is 0.125. The minimum Gasteiger partial charge on any atom is -0.480 e. The maximum absolute atomic E-state index is 11.0. The van der Waals surface area contributed by atoms with E-state index in [0.29, 0.717) is 5.56 Å². The number of nitrogens with zero attached hydrogens (tertiary/aromatic N) is 2. The largest absolute Gasteiger partial charge is 0.480 e. The lowest BCUT2D eigenvalue weighted by Gasteiger charge is -2.22. The summed E-state index contributed by atoms with van der Waals surface area (Å²) in [7, 11) is 0. The van der Waals surface area contributed by atoms with Crippen LogP contribution in [0.4, 0.5) is 5.69 Å². The van der Waals surface area contributed by atoms with E-state index in [1.165, 1.54) is 0 Å². The molecule has 0 heterocycles. The zero-order chi connectivity index (χ0) is 14.5. The van der Waals surface area contributed by atoms with E-state index in [1.54, 1.807) is 17.0 Å². The van der Waals surface area contributed by atoms with Crippen molar-refractivity contribution in [2.45, 2.75) is 0 Å². The van der Waals surface area contributed by atoms with Crippen LogP contribution in [0.3, 0.4) is 0 Å². The van der Waals surface area contributed by atoms with Crippen molar-refractivity contribution in [1.82, 2.24) is 0 Å². The Kier molecular flexibility index (Phi) is 3.88. The van der Waals surface area contributed by atoms with Crippen molar-refractivity contribution in [3.63, 3.8) is 0 Å². The van der Waals surface area contributed by atoms with Gasteiger partial charge in [-0.05, 0) is 12.1 Å². The van der Waals surface area contributed by atoms with Crippen LogP contribution in [0, 0.1) is 23.7 Å². The minimum absolute atomic E-state index is 0.180. The molecule has 2 aromatic rings. The molecule has 0 atom stereocenters. The fourth-order valence-electron chi connectivity index (χ4n) is 2.16. The molecule has 2 rings (SSSR count). The van der Waals surface area contributed by atoms with E-state index in [2.05, 4.69) is 12.0 Å². The highest BCUT2D eigenvalue weighted by atomic mass is 16.4. The minimum atomic E-state index is -0.950. The first-order valence-electron chi connectivity index (χ1n) is 5.99. The molecular formula is C16H12N2O2. The number of rotatable bonds is 4. The summed E-state index contributed by atoms with van der Waals surface area (Å²) >= 11 is 0. The molecule has 4 nitrogen and oxygen atoms in total. The van der Waals surface area contributed by atoms with Crippen molar-refractivity contribution in [2.75, 3.05) is 18.0 Å². The molecule has 1 N–H and O–H groups in total. The Hall–Kier alpha value is -2.98. The lowest BCUT2D eigenvalue weighted by Crippen LogP contribution is -2.30. The predicted octanol–water partition coefficient (Wildman–Crippen LogP) is 2.24. The molecule has 0 amide bonds. The molecule has 0 fully saturated rings. The first-order valence-corrected chi connectivity index (χ1v) is 5.99. The summed E-state index contributed by atoms with van der Waals surface area (Å²) < 4.78 is 0. The van der Waals surface area contributed by atoms with Gasteiger partial charge in [0.15, 0.2) is 0 Å². The topological polar surface area (TPSA) is 64.3 Å². The van der Waals surface area contributed by atoms with Crippen LogP contribution in [0.25, 0.3) is 10.8 Å². The number of carbonyl (C=O) groups is 1. The van der Waals surface area contributed by atoms with Crippen molar-refractivity contribution in [2.24, 2.45) is 0 Å². The average molecular weight is 264 g/mol. The lowest BCUT2D eigenvalue weighted by atomic mass is 10.0. The highest BCUT2D eigenvalue weighted by Crippen LogP contribution is 2.29. The number of hydrogen-bond acceptors (Lipinski definition) is 3. The van der Waals surface area contributed by atoms with E-state index in [-0.39, 0.29) is 13.1 Å². The molecular weight excluding hydrogens is 252 g/mol. The van der Waals surface area contributed by atoms with Gasteiger partial charge in [0.2, 0.25) is 0 Å². The van der Waals surface area contributed by atoms with E-state index in [0.717, 1.165) is 16.5 Å². The molecule has 2 aromatic carbocycles. The first kappa shape index (κ1) is 13.5. The van der Waals surface area contributed by atoms with Crippen LogP contribution in [0.1, 0.15) is 5.56 Å². The van der Waals surface area contributed by atoms with Gasteiger partial charge in [-0.2, -0.15) is 5.26 Å². The highest BCUT2D eigenvalue weighted by Gasteiger charge is 2.14. The summed E-state index contributed by atoms with van der Waals surface area (Å²) in [5.74, 6) is 1.51. The average Bonchev–Trinajstić information content (AvgIpc) is 2.45. The maximum atomic E-state index is 11.0. The molecule has 0 aromatic heterocycles. The lowest BCUT2D eigenvalue weighted by molar-refractivity contribution is -0.135. The number of benzene rings is 2. The third-order valence-corrected chi connectivity index (χ3v) is 2.97. The number of carboxylic acid groups (broad SMARTS) is 1. The Bertz CT molecular complexity index is 738. The Morgan fingerprint density at radius 1 is 1.25 bits per heavy atom. The van der Waals surface area contributed by atoms with Crippen molar-refractivity contribution in [1.29, 1.82) is 5.26 Å². The van der Waals surface area contributed by atoms with Gasteiger partial charge in [0, 0.05) is 16.5 Å². The summed E-state index contributed by atoms with van der Waals surface area (Å²) in [5, 5.41) is 19.7. The summed E-state index contributed by atoms with van der Waals surface area (Å²) in [6.07, 6.45) is 5.31. The quantitative estimate of drug-likeness (QED) is 0.860. The van der Waals surface area contributed by atoms with Crippen molar-refractivity contribution < 1.29 is 9.90 Å². The molecule has 0 aliphatic heterocycles.